The van der Waals surface area contributed by atoms with E-state index in [0.29, 0.717) is 6.04 Å². The van der Waals surface area contributed by atoms with Gasteiger partial charge in [0.2, 0.25) is 0 Å². The fourth-order valence-electron chi connectivity index (χ4n) is 2.51. The second-order valence-electron chi connectivity index (χ2n) is 4.91. The van der Waals surface area contributed by atoms with Crippen LogP contribution in [0.5, 0.6) is 0 Å². The standard InChI is InChI=1S/C15H23NO/c1-17-10-8-13-5-4-6-14(11-13)12-15-7-2-3-9-16-15/h4-6,11,15-16H,2-3,7-10,12H2,1H3. The van der Waals surface area contributed by atoms with E-state index < -0.39 is 0 Å². The first-order valence-corrected chi connectivity index (χ1v) is 6.68. The van der Waals surface area contributed by atoms with E-state index in [-0.39, 0.29) is 0 Å². The van der Waals surface area contributed by atoms with Crippen LogP contribution in [0.4, 0.5) is 0 Å². The minimum absolute atomic E-state index is 0.682. The Morgan fingerprint density at radius 1 is 1.29 bits per heavy atom. The maximum atomic E-state index is 5.12. The Kier molecular flexibility index (Phi) is 5.02. The van der Waals surface area contributed by atoms with Crippen LogP contribution in [-0.2, 0) is 17.6 Å². The van der Waals surface area contributed by atoms with Crippen LogP contribution < -0.4 is 5.32 Å². The number of rotatable bonds is 5. The predicted octanol–water partition coefficient (Wildman–Crippen LogP) is 2.56. The molecule has 1 heterocycles. The lowest BCUT2D eigenvalue weighted by atomic mass is 9.96. The average molecular weight is 233 g/mol. The van der Waals surface area contributed by atoms with Crippen molar-refractivity contribution in [1.29, 1.82) is 0 Å². The third-order valence-electron chi connectivity index (χ3n) is 3.48. The molecular formula is C15H23NO. The zero-order valence-corrected chi connectivity index (χ0v) is 10.7. The van der Waals surface area contributed by atoms with Crippen molar-refractivity contribution < 1.29 is 4.74 Å². The normalized spacial score (nSPS) is 20.4. The first-order chi connectivity index (χ1) is 8.38. The summed E-state index contributed by atoms with van der Waals surface area (Å²) in [7, 11) is 1.76. The Morgan fingerprint density at radius 3 is 2.94 bits per heavy atom. The van der Waals surface area contributed by atoms with E-state index in [0.717, 1.165) is 13.0 Å². The van der Waals surface area contributed by atoms with Crippen molar-refractivity contribution >= 4 is 0 Å². The molecule has 1 aromatic carbocycles. The van der Waals surface area contributed by atoms with Gasteiger partial charge in [0, 0.05) is 13.2 Å². The van der Waals surface area contributed by atoms with Crippen LogP contribution in [-0.4, -0.2) is 26.3 Å². The first-order valence-electron chi connectivity index (χ1n) is 6.68. The summed E-state index contributed by atoms with van der Waals surface area (Å²) in [6, 6.07) is 9.61. The Morgan fingerprint density at radius 2 is 2.18 bits per heavy atom. The average Bonchev–Trinajstić information content (AvgIpc) is 2.38. The van der Waals surface area contributed by atoms with Crippen molar-refractivity contribution in [2.75, 3.05) is 20.3 Å². The molecule has 1 atom stereocenters. The van der Waals surface area contributed by atoms with Crippen LogP contribution in [0.25, 0.3) is 0 Å². The molecule has 2 heteroatoms. The summed E-state index contributed by atoms with van der Waals surface area (Å²) in [6.45, 7) is 2.00. The van der Waals surface area contributed by atoms with Crippen LogP contribution in [0.15, 0.2) is 24.3 Å². The van der Waals surface area contributed by atoms with Crippen molar-refractivity contribution in [2.24, 2.45) is 0 Å². The van der Waals surface area contributed by atoms with E-state index in [1.54, 1.807) is 7.11 Å². The van der Waals surface area contributed by atoms with Crippen molar-refractivity contribution in [1.82, 2.24) is 5.32 Å². The minimum Gasteiger partial charge on any atom is -0.384 e. The van der Waals surface area contributed by atoms with Gasteiger partial charge in [0.15, 0.2) is 0 Å². The second-order valence-corrected chi connectivity index (χ2v) is 4.91. The minimum atomic E-state index is 0.682. The SMILES string of the molecule is COCCc1cccc(CC2CCCCN2)c1. The number of benzene rings is 1. The number of hydrogen-bond acceptors (Lipinski definition) is 2. The molecule has 2 nitrogen and oxygen atoms in total. The first kappa shape index (κ1) is 12.6. The lowest BCUT2D eigenvalue weighted by Crippen LogP contribution is -2.35. The molecule has 1 fully saturated rings. The van der Waals surface area contributed by atoms with Crippen LogP contribution in [0.1, 0.15) is 30.4 Å². The van der Waals surface area contributed by atoms with Crippen LogP contribution in [0.2, 0.25) is 0 Å². The number of methoxy groups -OCH3 is 1. The zero-order valence-electron chi connectivity index (χ0n) is 10.7. The molecule has 0 saturated carbocycles. The molecule has 2 rings (SSSR count). The quantitative estimate of drug-likeness (QED) is 0.844. The number of ether oxygens (including phenoxy) is 1. The lowest BCUT2D eigenvalue weighted by Gasteiger charge is -2.23. The monoisotopic (exact) mass is 233 g/mol. The molecule has 0 spiro atoms. The van der Waals surface area contributed by atoms with Gasteiger partial charge in [-0.3, -0.25) is 0 Å². The molecule has 0 amide bonds. The highest BCUT2D eigenvalue weighted by Crippen LogP contribution is 2.14. The van der Waals surface area contributed by atoms with Gasteiger partial charge in [-0.2, -0.15) is 0 Å². The molecule has 1 unspecified atom stereocenters. The third-order valence-corrected chi connectivity index (χ3v) is 3.48. The molecule has 1 aliphatic rings. The summed E-state index contributed by atoms with van der Waals surface area (Å²) in [5.41, 5.74) is 2.85. The topological polar surface area (TPSA) is 21.3 Å². The Balaban J connectivity index is 1.90. The largest absolute Gasteiger partial charge is 0.384 e. The van der Waals surface area contributed by atoms with Crippen molar-refractivity contribution in [3.63, 3.8) is 0 Å². The maximum absolute atomic E-state index is 5.12. The Hall–Kier alpha value is -0.860. The van der Waals surface area contributed by atoms with Crippen molar-refractivity contribution in [2.45, 2.75) is 38.1 Å². The Labute approximate surface area is 104 Å². The van der Waals surface area contributed by atoms with Crippen molar-refractivity contribution in [3.05, 3.63) is 35.4 Å². The van der Waals surface area contributed by atoms with E-state index in [4.69, 9.17) is 4.74 Å². The molecule has 0 bridgehead atoms. The van der Waals surface area contributed by atoms with E-state index >= 15 is 0 Å². The summed E-state index contributed by atoms with van der Waals surface area (Å²) in [5, 5.41) is 3.61. The molecule has 94 valence electrons. The number of nitrogens with one attached hydrogen (secondary N) is 1. The maximum Gasteiger partial charge on any atom is 0.0502 e. The van der Waals surface area contributed by atoms with Gasteiger partial charge >= 0.3 is 0 Å². The summed E-state index contributed by atoms with van der Waals surface area (Å²) in [4.78, 5) is 0. The highest BCUT2D eigenvalue weighted by molar-refractivity contribution is 5.24. The second kappa shape index (κ2) is 6.77. The summed E-state index contributed by atoms with van der Waals surface area (Å²) >= 11 is 0. The molecular weight excluding hydrogens is 210 g/mol. The van der Waals surface area contributed by atoms with Crippen LogP contribution >= 0.6 is 0 Å². The van der Waals surface area contributed by atoms with Gasteiger partial charge < -0.3 is 10.1 Å². The van der Waals surface area contributed by atoms with Crippen LogP contribution in [0, 0.1) is 0 Å². The van der Waals surface area contributed by atoms with Gasteiger partial charge in [-0.1, -0.05) is 30.7 Å². The van der Waals surface area contributed by atoms with Gasteiger partial charge in [-0.15, -0.1) is 0 Å². The molecule has 1 aromatic rings. The summed E-state index contributed by atoms with van der Waals surface area (Å²) < 4.78 is 5.12. The smallest absolute Gasteiger partial charge is 0.0502 e. The van der Waals surface area contributed by atoms with Crippen LogP contribution in [0.3, 0.4) is 0 Å². The van der Waals surface area contributed by atoms with Gasteiger partial charge in [0.05, 0.1) is 6.61 Å². The molecule has 1 aliphatic heterocycles. The van der Waals surface area contributed by atoms with Gasteiger partial charge in [0.25, 0.3) is 0 Å². The highest BCUT2D eigenvalue weighted by atomic mass is 16.5. The van der Waals surface area contributed by atoms with Gasteiger partial charge in [-0.05, 0) is 43.4 Å². The number of hydrogen-bond donors (Lipinski definition) is 1. The van der Waals surface area contributed by atoms with E-state index in [2.05, 4.69) is 29.6 Å². The lowest BCUT2D eigenvalue weighted by molar-refractivity contribution is 0.202. The number of piperidine rings is 1. The molecule has 1 N–H and O–H groups in total. The molecule has 0 aliphatic carbocycles. The molecule has 0 radical (unpaired) electrons. The van der Waals surface area contributed by atoms with E-state index in [1.807, 2.05) is 0 Å². The molecule has 0 aromatic heterocycles. The fraction of sp³-hybridized carbons (Fsp3) is 0.600. The van der Waals surface area contributed by atoms with Gasteiger partial charge in [0.1, 0.15) is 0 Å². The Bertz CT molecular complexity index is 331. The predicted molar refractivity (Wildman–Crippen MR) is 71.4 cm³/mol. The fourth-order valence-corrected chi connectivity index (χ4v) is 2.51. The summed E-state index contributed by atoms with van der Waals surface area (Å²) in [6.07, 6.45) is 6.22. The van der Waals surface area contributed by atoms with Crippen molar-refractivity contribution in [3.8, 4) is 0 Å². The molecule has 1 saturated heterocycles. The van der Waals surface area contributed by atoms with E-state index in [1.165, 1.54) is 43.4 Å². The summed E-state index contributed by atoms with van der Waals surface area (Å²) in [5.74, 6) is 0. The molecule has 17 heavy (non-hydrogen) atoms. The van der Waals surface area contributed by atoms with E-state index in [9.17, 15) is 0 Å². The highest BCUT2D eigenvalue weighted by Gasteiger charge is 2.12. The third kappa shape index (κ3) is 4.14. The van der Waals surface area contributed by atoms with Gasteiger partial charge in [-0.25, -0.2) is 0 Å². The zero-order chi connectivity index (χ0) is 11.9.